The van der Waals surface area contributed by atoms with Gasteiger partial charge in [0.05, 0.1) is 22.1 Å². The first-order valence-electron chi connectivity index (χ1n) is 9.10. The van der Waals surface area contributed by atoms with Crippen molar-refractivity contribution in [1.82, 2.24) is 15.0 Å². The molecular weight excluding hydrogens is 360 g/mol. The van der Waals surface area contributed by atoms with Crippen LogP contribution in [-0.4, -0.2) is 46.0 Å². The number of likely N-dealkylation sites (N-methyl/N-ethyl adjacent to an activating group) is 1. The Labute approximate surface area is 161 Å². The van der Waals surface area contributed by atoms with Crippen LogP contribution in [0.2, 0.25) is 0 Å². The van der Waals surface area contributed by atoms with Crippen molar-refractivity contribution >= 4 is 44.1 Å². The van der Waals surface area contributed by atoms with Crippen molar-refractivity contribution in [3.63, 3.8) is 0 Å². The van der Waals surface area contributed by atoms with Gasteiger partial charge >= 0.3 is 0 Å². The standard InChI is InChI=1S/C19H20N6OS/c1-11-18(26)25(17-15(24(11)2)9-20-10-21-17)13-7-12(8-13)22-19-23-14-5-3-4-6-16(14)27-19/h3-6,9-13H,7-8H2,1-2H3,(H,22,23)/t11?,12-,13-. The van der Waals surface area contributed by atoms with Crippen molar-refractivity contribution in [3.05, 3.63) is 36.8 Å². The van der Waals surface area contributed by atoms with Crippen molar-refractivity contribution < 1.29 is 4.79 Å². The maximum Gasteiger partial charge on any atom is 0.250 e. The van der Waals surface area contributed by atoms with Crippen LogP contribution >= 0.6 is 11.3 Å². The number of thiazole rings is 1. The minimum absolute atomic E-state index is 0.104. The average Bonchev–Trinajstić information content (AvgIpc) is 3.07. The third-order valence-electron chi connectivity index (χ3n) is 5.56. The number of benzene rings is 1. The minimum Gasteiger partial charge on any atom is -0.359 e. The number of nitrogens with one attached hydrogen (secondary N) is 1. The number of para-hydroxylation sites is 1. The number of rotatable bonds is 3. The molecule has 7 nitrogen and oxygen atoms in total. The quantitative estimate of drug-likeness (QED) is 0.753. The Bertz CT molecular complexity index is 981. The number of aromatic nitrogens is 3. The van der Waals surface area contributed by atoms with E-state index in [0.717, 1.165) is 35.0 Å². The van der Waals surface area contributed by atoms with E-state index in [-0.39, 0.29) is 18.0 Å². The molecule has 3 heterocycles. The van der Waals surface area contributed by atoms with Crippen molar-refractivity contribution in [2.75, 3.05) is 22.2 Å². The highest BCUT2D eigenvalue weighted by atomic mass is 32.1. The number of carbonyl (C=O) groups is 1. The Balaban J connectivity index is 1.32. The maximum atomic E-state index is 12.9. The maximum absolute atomic E-state index is 12.9. The van der Waals surface area contributed by atoms with Crippen molar-refractivity contribution in [1.29, 1.82) is 0 Å². The highest BCUT2D eigenvalue weighted by Gasteiger charge is 2.43. The smallest absolute Gasteiger partial charge is 0.250 e. The molecule has 0 bridgehead atoms. The molecule has 1 amide bonds. The topological polar surface area (TPSA) is 74.2 Å². The summed E-state index contributed by atoms with van der Waals surface area (Å²) in [6, 6.07) is 8.43. The summed E-state index contributed by atoms with van der Waals surface area (Å²) < 4.78 is 1.18. The largest absolute Gasteiger partial charge is 0.359 e. The molecule has 1 atom stereocenters. The van der Waals surface area contributed by atoms with Crippen LogP contribution in [0.4, 0.5) is 16.6 Å². The summed E-state index contributed by atoms with van der Waals surface area (Å²) in [4.78, 5) is 29.9. The van der Waals surface area contributed by atoms with E-state index in [1.165, 1.54) is 11.0 Å². The summed E-state index contributed by atoms with van der Waals surface area (Å²) in [6.07, 6.45) is 5.08. The number of hydrogen-bond donors (Lipinski definition) is 1. The Morgan fingerprint density at radius 2 is 2.07 bits per heavy atom. The number of hydrogen-bond acceptors (Lipinski definition) is 7. The zero-order valence-corrected chi connectivity index (χ0v) is 16.0. The van der Waals surface area contributed by atoms with Crippen molar-refractivity contribution in [3.8, 4) is 0 Å². The molecule has 1 aliphatic heterocycles. The second-order valence-corrected chi connectivity index (χ2v) is 8.21. The Morgan fingerprint density at radius 1 is 1.26 bits per heavy atom. The molecule has 1 fully saturated rings. The second kappa shape index (κ2) is 6.16. The van der Waals surface area contributed by atoms with Crippen LogP contribution in [0.5, 0.6) is 0 Å². The van der Waals surface area contributed by atoms with Gasteiger partial charge in [-0.1, -0.05) is 23.5 Å². The van der Waals surface area contributed by atoms with E-state index < -0.39 is 0 Å². The molecule has 1 saturated carbocycles. The van der Waals surface area contributed by atoms with Gasteiger partial charge in [-0.3, -0.25) is 9.69 Å². The van der Waals surface area contributed by atoms with Crippen molar-refractivity contribution in [2.24, 2.45) is 0 Å². The van der Waals surface area contributed by atoms with Gasteiger partial charge < -0.3 is 10.2 Å². The zero-order chi connectivity index (χ0) is 18.5. The van der Waals surface area contributed by atoms with E-state index in [4.69, 9.17) is 0 Å². The summed E-state index contributed by atoms with van der Waals surface area (Å²) in [7, 11) is 1.92. The first-order chi connectivity index (χ1) is 13.1. The van der Waals surface area contributed by atoms with Crippen LogP contribution in [0.25, 0.3) is 10.2 Å². The number of fused-ring (bicyclic) bond motifs is 2. The molecule has 27 heavy (non-hydrogen) atoms. The number of amides is 1. The van der Waals surface area contributed by atoms with Crippen LogP contribution < -0.4 is 15.1 Å². The van der Waals surface area contributed by atoms with Gasteiger partial charge in [-0.15, -0.1) is 0 Å². The van der Waals surface area contributed by atoms with Gasteiger partial charge in [-0.2, -0.15) is 0 Å². The lowest BCUT2D eigenvalue weighted by Crippen LogP contribution is -2.59. The van der Waals surface area contributed by atoms with Gasteiger partial charge in [0.1, 0.15) is 12.4 Å². The van der Waals surface area contributed by atoms with Crippen LogP contribution in [0.15, 0.2) is 36.8 Å². The third-order valence-corrected chi connectivity index (χ3v) is 6.52. The normalized spacial score (nSPS) is 24.7. The lowest BCUT2D eigenvalue weighted by molar-refractivity contribution is -0.120. The highest BCUT2D eigenvalue weighted by Crippen LogP contribution is 2.39. The lowest BCUT2D eigenvalue weighted by atomic mass is 9.84. The van der Waals surface area contributed by atoms with Crippen LogP contribution in [0.1, 0.15) is 19.8 Å². The van der Waals surface area contributed by atoms with E-state index in [1.807, 2.05) is 42.0 Å². The van der Waals surface area contributed by atoms with Crippen molar-refractivity contribution in [2.45, 2.75) is 37.9 Å². The molecule has 2 aliphatic rings. The monoisotopic (exact) mass is 380 g/mol. The molecule has 1 aliphatic carbocycles. The fourth-order valence-corrected chi connectivity index (χ4v) is 4.75. The van der Waals surface area contributed by atoms with E-state index in [2.05, 4.69) is 26.3 Å². The van der Waals surface area contributed by atoms with E-state index in [0.29, 0.717) is 6.04 Å². The molecule has 138 valence electrons. The number of anilines is 3. The summed E-state index contributed by atoms with van der Waals surface area (Å²) >= 11 is 1.67. The highest BCUT2D eigenvalue weighted by molar-refractivity contribution is 7.22. The molecule has 1 aromatic carbocycles. The van der Waals surface area contributed by atoms with Gasteiger partial charge in [-0.05, 0) is 31.9 Å². The molecule has 5 rings (SSSR count). The predicted molar refractivity (Wildman–Crippen MR) is 107 cm³/mol. The fourth-order valence-electron chi connectivity index (χ4n) is 3.81. The molecule has 1 unspecified atom stereocenters. The van der Waals surface area contributed by atoms with Crippen LogP contribution in [-0.2, 0) is 4.79 Å². The van der Waals surface area contributed by atoms with Gasteiger partial charge in [0.2, 0.25) is 0 Å². The fraction of sp³-hybridized carbons (Fsp3) is 0.368. The predicted octanol–water partition coefficient (Wildman–Crippen LogP) is 2.90. The van der Waals surface area contributed by atoms with Gasteiger partial charge in [0, 0.05) is 19.1 Å². The Kier molecular flexibility index (Phi) is 3.75. The molecule has 1 N–H and O–H groups in total. The summed E-state index contributed by atoms with van der Waals surface area (Å²) in [5.41, 5.74) is 1.93. The number of nitrogens with zero attached hydrogens (tertiary/aromatic N) is 5. The molecule has 0 radical (unpaired) electrons. The van der Waals surface area contributed by atoms with Crippen LogP contribution in [0, 0.1) is 0 Å². The molecule has 0 spiro atoms. The zero-order valence-electron chi connectivity index (χ0n) is 15.2. The Morgan fingerprint density at radius 3 is 2.89 bits per heavy atom. The molecular formula is C19H20N6OS. The van der Waals surface area contributed by atoms with Gasteiger partial charge in [-0.25, -0.2) is 15.0 Å². The number of carbonyl (C=O) groups excluding carboxylic acids is 1. The van der Waals surface area contributed by atoms with Gasteiger partial charge in [0.25, 0.3) is 5.91 Å². The molecule has 2 aromatic heterocycles. The summed E-state index contributed by atoms with van der Waals surface area (Å²) in [5, 5.41) is 4.47. The first kappa shape index (κ1) is 16.4. The third kappa shape index (κ3) is 2.63. The molecule has 8 heteroatoms. The van der Waals surface area contributed by atoms with E-state index in [9.17, 15) is 4.79 Å². The van der Waals surface area contributed by atoms with Crippen LogP contribution in [0.3, 0.4) is 0 Å². The molecule has 0 saturated heterocycles. The van der Waals surface area contributed by atoms with E-state index in [1.54, 1.807) is 17.5 Å². The summed E-state index contributed by atoms with van der Waals surface area (Å²) in [5.74, 6) is 0.825. The second-order valence-electron chi connectivity index (χ2n) is 7.18. The SMILES string of the molecule is CC1C(=O)N([C@H]2C[C@H](Nc3nc4ccccc4s3)C2)c2ncncc2N1C. The Hall–Kier alpha value is -2.74. The first-order valence-corrected chi connectivity index (χ1v) is 9.91. The minimum atomic E-state index is -0.209. The average molecular weight is 380 g/mol. The van der Waals surface area contributed by atoms with E-state index >= 15 is 0 Å². The summed E-state index contributed by atoms with van der Waals surface area (Å²) in [6.45, 7) is 1.93. The lowest BCUT2D eigenvalue weighted by Gasteiger charge is -2.47. The van der Waals surface area contributed by atoms with Gasteiger partial charge in [0.15, 0.2) is 10.9 Å². The molecule has 3 aromatic rings.